The lowest BCUT2D eigenvalue weighted by Crippen LogP contribution is -2.60. The van der Waals surface area contributed by atoms with Crippen molar-refractivity contribution in [2.45, 2.75) is 55.8 Å². The summed E-state index contributed by atoms with van der Waals surface area (Å²) in [5, 5.41) is 12.6. The second-order valence-corrected chi connectivity index (χ2v) is 10.4. The Morgan fingerprint density at radius 1 is 1.13 bits per heavy atom. The SMILES string of the molecule is COc1ccccc1OCc1nnc(SCC(=O)NC23CC4CC(CC(C4)C2)C3)n1C. The first-order chi connectivity index (χ1) is 15.0. The molecular formula is C23H30N4O3S. The molecule has 0 spiro atoms. The van der Waals surface area contributed by atoms with E-state index < -0.39 is 0 Å². The number of benzene rings is 1. The van der Waals surface area contributed by atoms with Gasteiger partial charge >= 0.3 is 0 Å². The molecule has 166 valence electrons. The molecule has 1 aromatic carbocycles. The van der Waals surface area contributed by atoms with Gasteiger partial charge < -0.3 is 19.4 Å². The molecule has 0 aliphatic heterocycles. The minimum atomic E-state index is 0.0556. The lowest BCUT2D eigenvalue weighted by Gasteiger charge is -2.56. The van der Waals surface area contributed by atoms with Crippen molar-refractivity contribution in [1.82, 2.24) is 20.1 Å². The molecule has 7 nitrogen and oxygen atoms in total. The van der Waals surface area contributed by atoms with Gasteiger partial charge in [0.1, 0.15) is 6.61 Å². The Hall–Kier alpha value is -2.22. The van der Waals surface area contributed by atoms with Crippen LogP contribution in [0.15, 0.2) is 29.4 Å². The van der Waals surface area contributed by atoms with Crippen molar-refractivity contribution < 1.29 is 14.3 Å². The van der Waals surface area contributed by atoms with Crippen LogP contribution in [-0.2, 0) is 18.4 Å². The molecule has 0 radical (unpaired) electrons. The van der Waals surface area contributed by atoms with E-state index in [4.69, 9.17) is 9.47 Å². The summed E-state index contributed by atoms with van der Waals surface area (Å²) in [7, 11) is 3.52. The van der Waals surface area contributed by atoms with Gasteiger partial charge in [0.25, 0.3) is 0 Å². The van der Waals surface area contributed by atoms with Gasteiger partial charge in [0.05, 0.1) is 12.9 Å². The Kier molecular flexibility index (Phi) is 5.58. The number of methoxy groups -OCH3 is 1. The fourth-order valence-electron chi connectivity index (χ4n) is 6.20. The van der Waals surface area contributed by atoms with E-state index in [0.29, 0.717) is 23.1 Å². The van der Waals surface area contributed by atoms with Gasteiger partial charge in [0.15, 0.2) is 22.5 Å². The van der Waals surface area contributed by atoms with Gasteiger partial charge in [-0.3, -0.25) is 4.79 Å². The number of thioether (sulfide) groups is 1. The zero-order valence-corrected chi connectivity index (χ0v) is 19.0. The van der Waals surface area contributed by atoms with Crippen LogP contribution in [-0.4, -0.2) is 39.1 Å². The number of carbonyl (C=O) groups excluding carboxylic acids is 1. The highest BCUT2D eigenvalue weighted by atomic mass is 32.2. The van der Waals surface area contributed by atoms with Crippen LogP contribution >= 0.6 is 11.8 Å². The monoisotopic (exact) mass is 442 g/mol. The Bertz CT molecular complexity index is 925. The maximum absolute atomic E-state index is 12.8. The number of hydrogen-bond donors (Lipinski definition) is 1. The topological polar surface area (TPSA) is 78.3 Å². The highest BCUT2D eigenvalue weighted by Gasteiger charge is 2.51. The van der Waals surface area contributed by atoms with Crippen molar-refractivity contribution in [3.8, 4) is 11.5 Å². The Morgan fingerprint density at radius 3 is 2.42 bits per heavy atom. The maximum atomic E-state index is 12.8. The van der Waals surface area contributed by atoms with Crippen molar-refractivity contribution in [2.24, 2.45) is 24.8 Å². The lowest BCUT2D eigenvalue weighted by molar-refractivity contribution is -0.124. The minimum absolute atomic E-state index is 0.0556. The number of carbonyl (C=O) groups is 1. The number of amides is 1. The first-order valence-corrected chi connectivity index (χ1v) is 12.1. The molecule has 4 aliphatic rings. The molecule has 2 aromatic rings. The average Bonchev–Trinajstić information content (AvgIpc) is 3.09. The normalized spacial score (nSPS) is 28.5. The van der Waals surface area contributed by atoms with Crippen LogP contribution in [0, 0.1) is 17.8 Å². The van der Waals surface area contributed by atoms with Gasteiger partial charge in [0.2, 0.25) is 5.91 Å². The third-order valence-corrected chi connectivity index (χ3v) is 8.15. The van der Waals surface area contributed by atoms with Crippen LogP contribution in [0.5, 0.6) is 11.5 Å². The molecule has 8 heteroatoms. The van der Waals surface area contributed by atoms with Crippen LogP contribution in [0.4, 0.5) is 0 Å². The average molecular weight is 443 g/mol. The van der Waals surface area contributed by atoms with E-state index in [9.17, 15) is 4.79 Å². The smallest absolute Gasteiger partial charge is 0.230 e. The number of ether oxygens (including phenoxy) is 2. The molecule has 4 aliphatic carbocycles. The fourth-order valence-corrected chi connectivity index (χ4v) is 6.93. The van der Waals surface area contributed by atoms with Gasteiger partial charge in [0, 0.05) is 12.6 Å². The number of para-hydroxylation sites is 2. The van der Waals surface area contributed by atoms with E-state index in [1.165, 1.54) is 50.3 Å². The number of nitrogens with one attached hydrogen (secondary N) is 1. The van der Waals surface area contributed by atoms with Gasteiger partial charge in [-0.2, -0.15) is 0 Å². The van der Waals surface area contributed by atoms with Crippen molar-refractivity contribution in [1.29, 1.82) is 0 Å². The van der Waals surface area contributed by atoms with Crippen LogP contribution in [0.25, 0.3) is 0 Å². The van der Waals surface area contributed by atoms with E-state index in [-0.39, 0.29) is 18.1 Å². The number of aromatic nitrogens is 3. The highest BCUT2D eigenvalue weighted by molar-refractivity contribution is 7.99. The standard InChI is InChI=1S/C23H30N4O3S/c1-27-20(13-30-19-6-4-3-5-18(19)29-2)25-26-22(27)31-14-21(28)24-23-10-15-7-16(11-23)9-17(8-15)12-23/h3-6,15-17H,7-14H2,1-2H3,(H,24,28). The first kappa shape index (κ1) is 20.7. The predicted molar refractivity (Wildman–Crippen MR) is 118 cm³/mol. The van der Waals surface area contributed by atoms with Crippen molar-refractivity contribution in [3.05, 3.63) is 30.1 Å². The third-order valence-electron chi connectivity index (χ3n) is 7.13. The molecule has 0 atom stereocenters. The Morgan fingerprint density at radius 2 is 1.77 bits per heavy atom. The summed E-state index contributed by atoms with van der Waals surface area (Å²) in [6.45, 7) is 0.282. The summed E-state index contributed by atoms with van der Waals surface area (Å²) < 4.78 is 13.1. The van der Waals surface area contributed by atoms with E-state index in [0.717, 1.165) is 22.9 Å². The van der Waals surface area contributed by atoms with E-state index >= 15 is 0 Å². The molecule has 0 saturated heterocycles. The Balaban J connectivity index is 1.15. The van der Waals surface area contributed by atoms with Gasteiger partial charge in [-0.15, -0.1) is 10.2 Å². The molecule has 1 aromatic heterocycles. The molecule has 0 unspecified atom stereocenters. The fraction of sp³-hybridized carbons (Fsp3) is 0.609. The maximum Gasteiger partial charge on any atom is 0.230 e. The summed E-state index contributed by atoms with van der Waals surface area (Å²) in [6, 6.07) is 7.52. The van der Waals surface area contributed by atoms with Gasteiger partial charge in [-0.1, -0.05) is 23.9 Å². The second kappa shape index (κ2) is 8.37. The third kappa shape index (κ3) is 4.27. The first-order valence-electron chi connectivity index (χ1n) is 11.1. The van der Waals surface area contributed by atoms with Crippen LogP contribution in [0.1, 0.15) is 44.3 Å². The van der Waals surface area contributed by atoms with Gasteiger partial charge in [-0.05, 0) is 68.4 Å². The van der Waals surface area contributed by atoms with Gasteiger partial charge in [-0.25, -0.2) is 0 Å². The summed E-state index contributed by atoms with van der Waals surface area (Å²) in [6.07, 6.45) is 7.64. The van der Waals surface area contributed by atoms with Crippen molar-refractivity contribution >= 4 is 17.7 Å². The molecule has 1 heterocycles. The van der Waals surface area contributed by atoms with E-state index in [2.05, 4.69) is 15.5 Å². The molecular weight excluding hydrogens is 412 g/mol. The minimum Gasteiger partial charge on any atom is -0.493 e. The number of rotatable bonds is 8. The molecule has 1 N–H and O–H groups in total. The van der Waals surface area contributed by atoms with E-state index in [1.807, 2.05) is 35.9 Å². The summed E-state index contributed by atoms with van der Waals surface area (Å²) in [5.74, 6) is 4.99. The second-order valence-electron chi connectivity index (χ2n) is 9.43. The highest BCUT2D eigenvalue weighted by Crippen LogP contribution is 2.55. The molecule has 6 rings (SSSR count). The summed E-state index contributed by atoms with van der Waals surface area (Å²) >= 11 is 1.43. The molecule has 4 saturated carbocycles. The molecule has 4 fully saturated rings. The summed E-state index contributed by atoms with van der Waals surface area (Å²) in [4.78, 5) is 12.8. The van der Waals surface area contributed by atoms with Crippen molar-refractivity contribution in [2.75, 3.05) is 12.9 Å². The predicted octanol–water partition coefficient (Wildman–Crippen LogP) is 3.58. The number of nitrogens with zero attached hydrogens (tertiary/aromatic N) is 3. The lowest BCUT2D eigenvalue weighted by atomic mass is 9.53. The van der Waals surface area contributed by atoms with E-state index in [1.54, 1.807) is 7.11 Å². The van der Waals surface area contributed by atoms with Crippen LogP contribution in [0.2, 0.25) is 0 Å². The zero-order valence-electron chi connectivity index (χ0n) is 18.2. The zero-order chi connectivity index (χ0) is 21.4. The van der Waals surface area contributed by atoms with Crippen molar-refractivity contribution in [3.63, 3.8) is 0 Å². The largest absolute Gasteiger partial charge is 0.493 e. The molecule has 1 amide bonds. The summed E-state index contributed by atoms with van der Waals surface area (Å²) in [5.41, 5.74) is 0.0556. The quantitative estimate of drug-likeness (QED) is 0.630. The molecule has 4 bridgehead atoms. The Labute approximate surface area is 187 Å². The van der Waals surface area contributed by atoms with Crippen LogP contribution in [0.3, 0.4) is 0 Å². The van der Waals surface area contributed by atoms with Crippen LogP contribution < -0.4 is 14.8 Å². The molecule has 31 heavy (non-hydrogen) atoms. The number of hydrogen-bond acceptors (Lipinski definition) is 6.